The molecule has 1 aromatic rings. The van der Waals surface area contributed by atoms with Gasteiger partial charge in [0.1, 0.15) is 0 Å². The molecule has 0 spiro atoms. The lowest BCUT2D eigenvalue weighted by molar-refractivity contribution is 0.747. The van der Waals surface area contributed by atoms with Gasteiger partial charge in [-0.2, -0.15) is 15.0 Å². The van der Waals surface area contributed by atoms with E-state index < -0.39 is 0 Å². The summed E-state index contributed by atoms with van der Waals surface area (Å²) >= 11 is 7.14. The predicted molar refractivity (Wildman–Crippen MR) is 54.8 cm³/mol. The number of hydrogen-bond donors (Lipinski definition) is 1. The third kappa shape index (κ3) is 3.78. The van der Waals surface area contributed by atoms with Crippen LogP contribution in [0.15, 0.2) is 5.16 Å². The number of nitrogen functional groups attached to an aromatic ring is 1. The van der Waals surface area contributed by atoms with Crippen molar-refractivity contribution >= 4 is 29.3 Å². The molecule has 72 valence electrons. The zero-order valence-electron chi connectivity index (χ0n) is 7.49. The molecule has 0 aliphatic heterocycles. The molecule has 6 heteroatoms. The standard InChI is InChI=1S/C7H11ClN4S/c1-4(2)3-13-7-11-5(8)10-6(9)12-7/h4H,3H2,1-2H3,(H2,9,10,11,12). The number of aromatic nitrogens is 3. The summed E-state index contributed by atoms with van der Waals surface area (Å²) in [6.45, 7) is 4.25. The molecule has 0 aliphatic rings. The molecule has 1 aromatic heterocycles. The topological polar surface area (TPSA) is 64.7 Å². The summed E-state index contributed by atoms with van der Waals surface area (Å²) in [6.07, 6.45) is 0. The molecule has 0 amide bonds. The van der Waals surface area contributed by atoms with Crippen LogP contribution in [-0.4, -0.2) is 20.7 Å². The molecule has 0 atom stereocenters. The van der Waals surface area contributed by atoms with Crippen LogP contribution in [0.2, 0.25) is 5.28 Å². The molecule has 4 nitrogen and oxygen atoms in total. The van der Waals surface area contributed by atoms with Crippen molar-refractivity contribution in [2.75, 3.05) is 11.5 Å². The lowest BCUT2D eigenvalue weighted by Crippen LogP contribution is -2.00. The fourth-order valence-electron chi connectivity index (χ4n) is 0.652. The number of nitrogens with zero attached hydrogens (tertiary/aromatic N) is 3. The zero-order valence-corrected chi connectivity index (χ0v) is 9.06. The first-order valence-electron chi connectivity index (χ1n) is 3.88. The predicted octanol–water partition coefficient (Wildman–Crippen LogP) is 1.86. The first-order chi connectivity index (χ1) is 6.08. The molecular weight excluding hydrogens is 208 g/mol. The Morgan fingerprint density at radius 3 is 2.62 bits per heavy atom. The summed E-state index contributed by atoms with van der Waals surface area (Å²) in [5.74, 6) is 1.70. The smallest absolute Gasteiger partial charge is 0.228 e. The second-order valence-corrected chi connectivity index (χ2v) is 4.28. The fourth-order valence-corrected chi connectivity index (χ4v) is 1.66. The van der Waals surface area contributed by atoms with E-state index in [1.54, 1.807) is 0 Å². The fraction of sp³-hybridized carbons (Fsp3) is 0.571. The lowest BCUT2D eigenvalue weighted by atomic mass is 10.3. The van der Waals surface area contributed by atoms with Gasteiger partial charge in [-0.1, -0.05) is 25.6 Å². The van der Waals surface area contributed by atoms with Gasteiger partial charge in [-0.05, 0) is 17.5 Å². The van der Waals surface area contributed by atoms with Gasteiger partial charge in [0, 0.05) is 5.75 Å². The van der Waals surface area contributed by atoms with Crippen molar-refractivity contribution in [2.45, 2.75) is 19.0 Å². The number of anilines is 1. The Morgan fingerprint density at radius 2 is 2.08 bits per heavy atom. The van der Waals surface area contributed by atoms with Gasteiger partial charge in [0.25, 0.3) is 0 Å². The average molecular weight is 219 g/mol. The molecule has 0 radical (unpaired) electrons. The normalized spacial score (nSPS) is 10.8. The van der Waals surface area contributed by atoms with Crippen LogP contribution >= 0.6 is 23.4 Å². The monoisotopic (exact) mass is 218 g/mol. The van der Waals surface area contributed by atoms with Crippen LogP contribution < -0.4 is 5.73 Å². The maximum Gasteiger partial charge on any atom is 0.228 e. The van der Waals surface area contributed by atoms with Gasteiger partial charge in [-0.3, -0.25) is 0 Å². The Balaban J connectivity index is 2.66. The largest absolute Gasteiger partial charge is 0.368 e. The molecule has 0 saturated heterocycles. The zero-order chi connectivity index (χ0) is 9.84. The van der Waals surface area contributed by atoms with Gasteiger partial charge in [-0.25, -0.2) is 0 Å². The summed E-state index contributed by atoms with van der Waals surface area (Å²) in [4.78, 5) is 11.5. The van der Waals surface area contributed by atoms with Crippen LogP contribution in [0.3, 0.4) is 0 Å². The Morgan fingerprint density at radius 1 is 1.38 bits per heavy atom. The molecular formula is C7H11ClN4S. The van der Waals surface area contributed by atoms with Crippen LogP contribution in [0.1, 0.15) is 13.8 Å². The maximum atomic E-state index is 5.61. The van der Waals surface area contributed by atoms with Crippen molar-refractivity contribution in [1.82, 2.24) is 15.0 Å². The van der Waals surface area contributed by atoms with Crippen molar-refractivity contribution in [3.05, 3.63) is 5.28 Å². The highest BCUT2D eigenvalue weighted by Gasteiger charge is 2.03. The van der Waals surface area contributed by atoms with Crippen molar-refractivity contribution in [3.63, 3.8) is 0 Å². The Hall–Kier alpha value is -0.550. The van der Waals surface area contributed by atoms with Crippen molar-refractivity contribution < 1.29 is 0 Å². The molecule has 0 aromatic carbocycles. The molecule has 0 bridgehead atoms. The molecule has 0 unspecified atom stereocenters. The van der Waals surface area contributed by atoms with Gasteiger partial charge in [0.15, 0.2) is 5.16 Å². The van der Waals surface area contributed by atoms with Crippen LogP contribution in [0, 0.1) is 5.92 Å². The number of rotatable bonds is 3. The van der Waals surface area contributed by atoms with Gasteiger partial charge in [0.2, 0.25) is 11.2 Å². The Kier molecular flexibility index (Phi) is 3.74. The summed E-state index contributed by atoms with van der Waals surface area (Å²) in [5.41, 5.74) is 5.41. The number of nitrogens with two attached hydrogens (primary N) is 1. The molecule has 0 fully saturated rings. The second kappa shape index (κ2) is 4.62. The van der Waals surface area contributed by atoms with E-state index in [1.807, 2.05) is 0 Å². The highest BCUT2D eigenvalue weighted by molar-refractivity contribution is 7.99. The van der Waals surface area contributed by atoms with Crippen molar-refractivity contribution in [3.8, 4) is 0 Å². The van der Waals surface area contributed by atoms with E-state index in [0.717, 1.165) is 5.75 Å². The summed E-state index contributed by atoms with van der Waals surface area (Å²) in [6, 6.07) is 0. The van der Waals surface area contributed by atoms with Gasteiger partial charge >= 0.3 is 0 Å². The molecule has 1 rings (SSSR count). The molecule has 0 saturated carbocycles. The van der Waals surface area contributed by atoms with Gasteiger partial charge in [-0.15, -0.1) is 0 Å². The first-order valence-corrected chi connectivity index (χ1v) is 5.24. The van der Waals surface area contributed by atoms with E-state index in [9.17, 15) is 0 Å². The first kappa shape index (κ1) is 10.5. The van der Waals surface area contributed by atoms with Crippen LogP contribution in [0.25, 0.3) is 0 Å². The quantitative estimate of drug-likeness (QED) is 0.785. The minimum Gasteiger partial charge on any atom is -0.368 e. The SMILES string of the molecule is CC(C)CSc1nc(N)nc(Cl)n1. The molecule has 1 heterocycles. The third-order valence-corrected chi connectivity index (χ3v) is 2.59. The van der Waals surface area contributed by atoms with E-state index in [4.69, 9.17) is 17.3 Å². The third-order valence-electron chi connectivity index (χ3n) is 1.15. The van der Waals surface area contributed by atoms with Crippen LogP contribution in [0.5, 0.6) is 0 Å². The number of halogens is 1. The van der Waals surface area contributed by atoms with Crippen LogP contribution in [-0.2, 0) is 0 Å². The minimum absolute atomic E-state index is 0.152. The van der Waals surface area contributed by atoms with Gasteiger partial charge < -0.3 is 5.73 Å². The Labute approximate surface area is 86.3 Å². The van der Waals surface area contributed by atoms with Gasteiger partial charge in [0.05, 0.1) is 0 Å². The summed E-state index contributed by atoms with van der Waals surface area (Å²) < 4.78 is 0. The van der Waals surface area contributed by atoms with E-state index in [1.165, 1.54) is 11.8 Å². The Bertz CT molecular complexity index is 272. The molecule has 0 aliphatic carbocycles. The van der Waals surface area contributed by atoms with E-state index >= 15 is 0 Å². The van der Waals surface area contributed by atoms with E-state index in [2.05, 4.69) is 28.8 Å². The minimum atomic E-state index is 0.152. The van der Waals surface area contributed by atoms with Crippen molar-refractivity contribution in [1.29, 1.82) is 0 Å². The lowest BCUT2D eigenvalue weighted by Gasteiger charge is -2.03. The summed E-state index contributed by atoms with van der Waals surface area (Å²) in [7, 11) is 0. The van der Waals surface area contributed by atoms with Crippen LogP contribution in [0.4, 0.5) is 5.95 Å². The second-order valence-electron chi connectivity index (χ2n) is 2.95. The molecule has 2 N–H and O–H groups in total. The van der Waals surface area contributed by atoms with E-state index in [0.29, 0.717) is 11.1 Å². The van der Waals surface area contributed by atoms with E-state index in [-0.39, 0.29) is 11.2 Å². The number of hydrogen-bond acceptors (Lipinski definition) is 5. The number of thioether (sulfide) groups is 1. The highest BCUT2D eigenvalue weighted by Crippen LogP contribution is 2.17. The van der Waals surface area contributed by atoms with Crippen molar-refractivity contribution in [2.24, 2.45) is 5.92 Å². The summed E-state index contributed by atoms with van der Waals surface area (Å²) in [5, 5.41) is 0.741. The maximum absolute atomic E-state index is 5.61. The average Bonchev–Trinajstić information content (AvgIpc) is 1.99. The highest BCUT2D eigenvalue weighted by atomic mass is 35.5. The molecule has 13 heavy (non-hydrogen) atoms.